The molecular weight excluding hydrogens is 347 g/mol. The molecule has 5 nitrogen and oxygen atoms in total. The second-order valence-corrected chi connectivity index (χ2v) is 5.96. The van der Waals surface area contributed by atoms with Crippen molar-refractivity contribution in [1.29, 1.82) is 0 Å². The Labute approximate surface area is 150 Å². The van der Waals surface area contributed by atoms with Crippen molar-refractivity contribution in [3.63, 3.8) is 0 Å². The molecule has 0 spiro atoms. The Morgan fingerprint density at radius 2 is 1.85 bits per heavy atom. The summed E-state index contributed by atoms with van der Waals surface area (Å²) in [6, 6.07) is 4.05. The van der Waals surface area contributed by atoms with Gasteiger partial charge in [0.25, 0.3) is 0 Å². The number of hydrogen-bond acceptors (Lipinski definition) is 5. The molecule has 1 aromatic heterocycles. The average molecular weight is 369 g/mol. The Kier molecular flexibility index (Phi) is 6.79. The Morgan fingerprint density at radius 1 is 1.15 bits per heavy atom. The van der Waals surface area contributed by atoms with Crippen molar-refractivity contribution in [1.82, 2.24) is 9.97 Å². The first-order chi connectivity index (χ1) is 12.3. The van der Waals surface area contributed by atoms with Crippen molar-refractivity contribution in [3.8, 4) is 5.75 Å². The van der Waals surface area contributed by atoms with Crippen LogP contribution in [0.3, 0.4) is 0 Å². The molecule has 1 N–H and O–H groups in total. The van der Waals surface area contributed by atoms with Crippen LogP contribution in [-0.4, -0.2) is 35.3 Å². The molecule has 2 aromatic rings. The van der Waals surface area contributed by atoms with E-state index < -0.39 is 11.7 Å². The number of ether oxygens (including phenoxy) is 1. The molecular formula is C18H22F3N3O2. The van der Waals surface area contributed by atoms with Crippen LogP contribution in [-0.2, 0) is 12.8 Å². The molecule has 26 heavy (non-hydrogen) atoms. The van der Waals surface area contributed by atoms with Gasteiger partial charge in [0, 0.05) is 25.8 Å². The molecule has 0 aliphatic heterocycles. The van der Waals surface area contributed by atoms with Crippen LogP contribution in [0.2, 0.25) is 0 Å². The number of unbranched alkanes of at least 4 members (excludes halogenated alkanes) is 1. The van der Waals surface area contributed by atoms with Gasteiger partial charge >= 0.3 is 6.18 Å². The summed E-state index contributed by atoms with van der Waals surface area (Å²) in [5.41, 5.74) is -0.0789. The number of aliphatic hydroxyl groups is 1. The lowest BCUT2D eigenvalue weighted by Gasteiger charge is -2.17. The SMILES string of the molecule is Cc1cccc(C(F)(F)F)c1COc1cnc(N(C)CCCCO)nc1. The van der Waals surface area contributed by atoms with Gasteiger partial charge in [-0.15, -0.1) is 0 Å². The fourth-order valence-corrected chi connectivity index (χ4v) is 2.46. The first kappa shape index (κ1) is 20.0. The first-order valence-electron chi connectivity index (χ1n) is 8.25. The van der Waals surface area contributed by atoms with Crippen LogP contribution < -0.4 is 9.64 Å². The van der Waals surface area contributed by atoms with Crippen molar-refractivity contribution >= 4 is 5.95 Å². The average Bonchev–Trinajstić information content (AvgIpc) is 2.60. The lowest BCUT2D eigenvalue weighted by molar-refractivity contribution is -0.138. The summed E-state index contributed by atoms with van der Waals surface area (Å²) >= 11 is 0. The number of rotatable bonds is 8. The number of anilines is 1. The summed E-state index contributed by atoms with van der Waals surface area (Å²) in [5.74, 6) is 0.788. The number of hydrogen-bond donors (Lipinski definition) is 1. The summed E-state index contributed by atoms with van der Waals surface area (Å²) in [7, 11) is 1.83. The normalized spacial score (nSPS) is 11.5. The predicted molar refractivity (Wildman–Crippen MR) is 92.1 cm³/mol. The van der Waals surface area contributed by atoms with Crippen molar-refractivity contribution in [2.24, 2.45) is 0 Å². The molecule has 0 fully saturated rings. The van der Waals surface area contributed by atoms with E-state index in [-0.39, 0.29) is 18.8 Å². The topological polar surface area (TPSA) is 58.5 Å². The maximum absolute atomic E-state index is 13.1. The predicted octanol–water partition coefficient (Wildman–Crippen LogP) is 3.59. The molecule has 0 unspecified atom stereocenters. The highest BCUT2D eigenvalue weighted by Crippen LogP contribution is 2.33. The molecule has 1 aromatic carbocycles. The molecule has 142 valence electrons. The van der Waals surface area contributed by atoms with E-state index in [1.54, 1.807) is 13.0 Å². The van der Waals surface area contributed by atoms with Crippen molar-refractivity contribution in [3.05, 3.63) is 47.3 Å². The Bertz CT molecular complexity index is 706. The number of benzene rings is 1. The van der Waals surface area contributed by atoms with E-state index >= 15 is 0 Å². The third-order valence-electron chi connectivity index (χ3n) is 3.96. The van der Waals surface area contributed by atoms with Crippen LogP contribution in [0.25, 0.3) is 0 Å². The summed E-state index contributed by atoms with van der Waals surface area (Å²) in [6.07, 6.45) is -0.0409. The Balaban J connectivity index is 2.03. The minimum absolute atomic E-state index is 0.102. The highest BCUT2D eigenvalue weighted by atomic mass is 19.4. The summed E-state index contributed by atoms with van der Waals surface area (Å²) in [6.45, 7) is 2.24. The van der Waals surface area contributed by atoms with E-state index in [9.17, 15) is 13.2 Å². The van der Waals surface area contributed by atoms with Crippen LogP contribution in [0.4, 0.5) is 19.1 Å². The zero-order chi connectivity index (χ0) is 19.2. The van der Waals surface area contributed by atoms with Gasteiger partial charge in [-0.2, -0.15) is 13.2 Å². The maximum Gasteiger partial charge on any atom is 0.416 e. The number of aliphatic hydroxyl groups excluding tert-OH is 1. The maximum atomic E-state index is 13.1. The highest BCUT2D eigenvalue weighted by molar-refractivity contribution is 5.36. The number of aromatic nitrogens is 2. The number of alkyl halides is 3. The molecule has 8 heteroatoms. The molecule has 0 bridgehead atoms. The molecule has 0 atom stereocenters. The quantitative estimate of drug-likeness (QED) is 0.721. The van der Waals surface area contributed by atoms with Gasteiger partial charge in [0.15, 0.2) is 5.75 Å². The molecule has 0 aliphatic rings. The lowest BCUT2D eigenvalue weighted by atomic mass is 10.0. The van der Waals surface area contributed by atoms with Gasteiger partial charge in [-0.3, -0.25) is 0 Å². The van der Waals surface area contributed by atoms with Gasteiger partial charge in [0.2, 0.25) is 5.95 Å². The van der Waals surface area contributed by atoms with Crippen LogP contribution in [0.1, 0.15) is 29.5 Å². The minimum atomic E-state index is -4.43. The van der Waals surface area contributed by atoms with Gasteiger partial charge in [-0.1, -0.05) is 12.1 Å². The fraction of sp³-hybridized carbons (Fsp3) is 0.444. The van der Waals surface area contributed by atoms with Crippen molar-refractivity contribution < 1.29 is 23.0 Å². The smallest absolute Gasteiger partial charge is 0.416 e. The van der Waals surface area contributed by atoms with E-state index in [4.69, 9.17) is 9.84 Å². The zero-order valence-corrected chi connectivity index (χ0v) is 14.8. The fourth-order valence-electron chi connectivity index (χ4n) is 2.46. The van der Waals surface area contributed by atoms with E-state index in [2.05, 4.69) is 9.97 Å². The number of halogens is 3. The highest BCUT2D eigenvalue weighted by Gasteiger charge is 2.33. The van der Waals surface area contributed by atoms with Gasteiger partial charge in [0.1, 0.15) is 6.61 Å². The van der Waals surface area contributed by atoms with Gasteiger partial charge in [0.05, 0.1) is 18.0 Å². The standard InChI is InChI=1S/C18H22F3N3O2/c1-13-6-5-7-16(18(19,20)21)15(13)12-26-14-10-22-17(23-11-14)24(2)8-3-4-9-25/h5-7,10-11,25H,3-4,8-9,12H2,1-2H3. The second kappa shape index (κ2) is 8.84. The van der Waals surface area contributed by atoms with Gasteiger partial charge < -0.3 is 14.7 Å². The van der Waals surface area contributed by atoms with E-state index in [0.717, 1.165) is 12.5 Å². The minimum Gasteiger partial charge on any atom is -0.486 e. The molecule has 0 radical (unpaired) electrons. The second-order valence-electron chi connectivity index (χ2n) is 5.96. The van der Waals surface area contributed by atoms with E-state index in [0.29, 0.717) is 30.2 Å². The van der Waals surface area contributed by atoms with Gasteiger partial charge in [-0.05, 0) is 31.4 Å². The molecule has 0 amide bonds. The summed E-state index contributed by atoms with van der Waals surface area (Å²) in [5, 5.41) is 8.79. The lowest BCUT2D eigenvalue weighted by Crippen LogP contribution is -2.21. The van der Waals surface area contributed by atoms with Crippen LogP contribution >= 0.6 is 0 Å². The molecule has 1 heterocycles. The monoisotopic (exact) mass is 369 g/mol. The molecule has 0 aliphatic carbocycles. The molecule has 2 rings (SSSR count). The van der Waals surface area contributed by atoms with Crippen molar-refractivity contribution in [2.75, 3.05) is 25.1 Å². The summed E-state index contributed by atoms with van der Waals surface area (Å²) < 4.78 is 44.8. The van der Waals surface area contributed by atoms with Crippen LogP contribution in [0.5, 0.6) is 5.75 Å². The molecule has 0 saturated heterocycles. The summed E-state index contributed by atoms with van der Waals surface area (Å²) in [4.78, 5) is 10.2. The number of nitrogens with zero attached hydrogens (tertiary/aromatic N) is 3. The molecule has 0 saturated carbocycles. The third-order valence-corrected chi connectivity index (χ3v) is 3.96. The zero-order valence-electron chi connectivity index (χ0n) is 14.8. The van der Waals surface area contributed by atoms with Gasteiger partial charge in [-0.25, -0.2) is 9.97 Å². The third kappa shape index (κ3) is 5.32. The first-order valence-corrected chi connectivity index (χ1v) is 8.25. The van der Waals surface area contributed by atoms with E-state index in [1.807, 2.05) is 11.9 Å². The largest absolute Gasteiger partial charge is 0.486 e. The number of aryl methyl sites for hydroxylation is 1. The van der Waals surface area contributed by atoms with E-state index in [1.165, 1.54) is 18.5 Å². The Hall–Kier alpha value is -2.35. The van der Waals surface area contributed by atoms with Crippen LogP contribution in [0.15, 0.2) is 30.6 Å². The van der Waals surface area contributed by atoms with Crippen LogP contribution in [0, 0.1) is 6.92 Å². The van der Waals surface area contributed by atoms with Crippen molar-refractivity contribution in [2.45, 2.75) is 32.5 Å². The Morgan fingerprint density at radius 3 is 2.46 bits per heavy atom.